The van der Waals surface area contributed by atoms with E-state index in [-0.39, 0.29) is 16.9 Å². The molecule has 184 valence electrons. The molecule has 2 aromatic carbocycles. The number of sulfonamides is 1. The number of benzene rings is 2. The Labute approximate surface area is 201 Å². The van der Waals surface area contributed by atoms with E-state index in [2.05, 4.69) is 0 Å². The van der Waals surface area contributed by atoms with Crippen LogP contribution in [-0.4, -0.2) is 75.6 Å². The molecule has 0 aromatic heterocycles. The SMILES string of the molecule is CCOc1ccccc1OC1CCN(C(=O)c2cc(S(=O)(=O)N3CCOCC3)ccc2C)CC1. The van der Waals surface area contributed by atoms with E-state index in [1.807, 2.05) is 38.1 Å². The molecule has 2 saturated heterocycles. The van der Waals surface area contributed by atoms with Crippen LogP contribution < -0.4 is 9.47 Å². The smallest absolute Gasteiger partial charge is 0.254 e. The molecule has 2 aliphatic heterocycles. The second-order valence-electron chi connectivity index (χ2n) is 8.48. The molecular formula is C25H32N2O6S. The van der Waals surface area contributed by atoms with Gasteiger partial charge in [0, 0.05) is 44.6 Å². The fourth-order valence-electron chi connectivity index (χ4n) is 4.28. The number of para-hydroxylation sites is 2. The Morgan fingerprint density at radius 1 is 1.03 bits per heavy atom. The standard InChI is InChI=1S/C25H32N2O6S/c1-3-32-23-6-4-5-7-24(23)33-20-10-12-26(13-11-20)25(28)22-18-21(9-8-19(22)2)34(29,30)27-14-16-31-17-15-27/h4-9,18,20H,3,10-17H2,1-2H3. The summed E-state index contributed by atoms with van der Waals surface area (Å²) in [6.07, 6.45) is 1.37. The van der Waals surface area contributed by atoms with E-state index in [0.29, 0.717) is 70.2 Å². The summed E-state index contributed by atoms with van der Waals surface area (Å²) < 4.78 is 44.6. The molecule has 34 heavy (non-hydrogen) atoms. The highest BCUT2D eigenvalue weighted by Gasteiger charge is 2.30. The minimum absolute atomic E-state index is 0.0141. The normalized spacial score (nSPS) is 18.0. The van der Waals surface area contributed by atoms with Crippen LogP contribution in [0.3, 0.4) is 0 Å². The molecule has 0 aliphatic carbocycles. The molecule has 0 unspecified atom stereocenters. The van der Waals surface area contributed by atoms with Gasteiger partial charge < -0.3 is 19.1 Å². The van der Waals surface area contributed by atoms with Crippen molar-refractivity contribution in [1.29, 1.82) is 0 Å². The number of hydrogen-bond acceptors (Lipinski definition) is 6. The summed E-state index contributed by atoms with van der Waals surface area (Å²) in [5, 5.41) is 0. The minimum Gasteiger partial charge on any atom is -0.490 e. The summed E-state index contributed by atoms with van der Waals surface area (Å²) in [5.41, 5.74) is 1.19. The summed E-state index contributed by atoms with van der Waals surface area (Å²) >= 11 is 0. The van der Waals surface area contributed by atoms with E-state index in [0.717, 1.165) is 11.3 Å². The second kappa shape index (κ2) is 10.8. The number of likely N-dealkylation sites (tertiary alicyclic amines) is 1. The third-order valence-electron chi connectivity index (χ3n) is 6.22. The zero-order valence-corrected chi connectivity index (χ0v) is 20.6. The number of morpholine rings is 1. The summed E-state index contributed by atoms with van der Waals surface area (Å²) in [4.78, 5) is 15.2. The van der Waals surface area contributed by atoms with Crippen LogP contribution in [-0.2, 0) is 14.8 Å². The van der Waals surface area contributed by atoms with Crippen molar-refractivity contribution >= 4 is 15.9 Å². The Morgan fingerprint density at radius 2 is 1.71 bits per heavy atom. The third kappa shape index (κ3) is 5.37. The first kappa shape index (κ1) is 24.5. The number of carbonyl (C=O) groups is 1. The van der Waals surface area contributed by atoms with Gasteiger partial charge in [0.25, 0.3) is 5.91 Å². The molecule has 2 aliphatic rings. The lowest BCUT2D eigenvalue weighted by Crippen LogP contribution is -2.42. The van der Waals surface area contributed by atoms with Crippen molar-refractivity contribution in [1.82, 2.24) is 9.21 Å². The second-order valence-corrected chi connectivity index (χ2v) is 10.4. The number of amides is 1. The van der Waals surface area contributed by atoms with Gasteiger partial charge in [-0.3, -0.25) is 4.79 Å². The number of aryl methyl sites for hydroxylation is 1. The van der Waals surface area contributed by atoms with Gasteiger partial charge in [-0.1, -0.05) is 18.2 Å². The molecule has 0 N–H and O–H groups in total. The zero-order chi connectivity index (χ0) is 24.1. The molecule has 8 nitrogen and oxygen atoms in total. The van der Waals surface area contributed by atoms with Gasteiger partial charge in [-0.2, -0.15) is 4.31 Å². The van der Waals surface area contributed by atoms with E-state index >= 15 is 0 Å². The van der Waals surface area contributed by atoms with Gasteiger partial charge in [0.15, 0.2) is 11.5 Å². The van der Waals surface area contributed by atoms with Crippen molar-refractivity contribution in [3.8, 4) is 11.5 Å². The topological polar surface area (TPSA) is 85.4 Å². The number of ether oxygens (including phenoxy) is 3. The largest absolute Gasteiger partial charge is 0.490 e. The van der Waals surface area contributed by atoms with E-state index < -0.39 is 10.0 Å². The van der Waals surface area contributed by atoms with Crippen molar-refractivity contribution in [2.45, 2.75) is 37.7 Å². The van der Waals surface area contributed by atoms with Crippen LogP contribution in [0, 0.1) is 6.92 Å². The van der Waals surface area contributed by atoms with Gasteiger partial charge in [0.2, 0.25) is 10.0 Å². The van der Waals surface area contributed by atoms with Gasteiger partial charge in [0.05, 0.1) is 24.7 Å². The molecule has 4 rings (SSSR count). The van der Waals surface area contributed by atoms with Gasteiger partial charge >= 0.3 is 0 Å². The van der Waals surface area contributed by atoms with Gasteiger partial charge in [-0.15, -0.1) is 0 Å². The fraction of sp³-hybridized carbons (Fsp3) is 0.480. The van der Waals surface area contributed by atoms with Crippen LogP contribution in [0.1, 0.15) is 35.7 Å². The first-order valence-corrected chi connectivity index (χ1v) is 13.2. The Hall–Kier alpha value is -2.62. The van der Waals surface area contributed by atoms with Crippen molar-refractivity contribution in [2.24, 2.45) is 0 Å². The summed E-state index contributed by atoms with van der Waals surface area (Å²) in [6, 6.07) is 12.4. The number of hydrogen-bond donors (Lipinski definition) is 0. The molecule has 0 atom stereocenters. The molecule has 0 spiro atoms. The Balaban J connectivity index is 1.43. The van der Waals surface area contributed by atoms with Crippen LogP contribution in [0.2, 0.25) is 0 Å². The highest BCUT2D eigenvalue weighted by atomic mass is 32.2. The predicted molar refractivity (Wildman–Crippen MR) is 128 cm³/mol. The van der Waals surface area contributed by atoms with E-state index in [9.17, 15) is 13.2 Å². The predicted octanol–water partition coefficient (Wildman–Crippen LogP) is 3.10. The van der Waals surface area contributed by atoms with E-state index in [1.54, 1.807) is 17.0 Å². The molecule has 0 bridgehead atoms. The quantitative estimate of drug-likeness (QED) is 0.596. The number of piperidine rings is 1. The molecule has 0 saturated carbocycles. The number of rotatable bonds is 7. The molecule has 0 radical (unpaired) electrons. The van der Waals surface area contributed by atoms with E-state index in [1.165, 1.54) is 10.4 Å². The van der Waals surface area contributed by atoms with Crippen LogP contribution in [0.15, 0.2) is 47.4 Å². The number of carbonyl (C=O) groups excluding carboxylic acids is 1. The summed E-state index contributed by atoms with van der Waals surface area (Å²) in [7, 11) is -3.67. The van der Waals surface area contributed by atoms with Gasteiger partial charge in [0.1, 0.15) is 6.10 Å². The first-order chi connectivity index (χ1) is 16.4. The van der Waals surface area contributed by atoms with Gasteiger partial charge in [-0.05, 0) is 43.7 Å². The molecule has 2 fully saturated rings. The lowest BCUT2D eigenvalue weighted by molar-refractivity contribution is 0.0588. The minimum atomic E-state index is -3.67. The third-order valence-corrected chi connectivity index (χ3v) is 8.11. The molecule has 1 amide bonds. The lowest BCUT2D eigenvalue weighted by Gasteiger charge is -2.33. The summed E-state index contributed by atoms with van der Waals surface area (Å²) in [5.74, 6) is 1.29. The van der Waals surface area contributed by atoms with Crippen molar-refractivity contribution < 1.29 is 27.4 Å². The Morgan fingerprint density at radius 3 is 2.38 bits per heavy atom. The van der Waals surface area contributed by atoms with Crippen LogP contribution in [0.5, 0.6) is 11.5 Å². The van der Waals surface area contributed by atoms with Crippen molar-refractivity contribution in [2.75, 3.05) is 46.0 Å². The van der Waals surface area contributed by atoms with E-state index in [4.69, 9.17) is 14.2 Å². The van der Waals surface area contributed by atoms with Crippen LogP contribution >= 0.6 is 0 Å². The lowest BCUT2D eigenvalue weighted by atomic mass is 10.0. The maximum atomic E-state index is 13.3. The van der Waals surface area contributed by atoms with Crippen LogP contribution in [0.25, 0.3) is 0 Å². The summed E-state index contributed by atoms with van der Waals surface area (Å²) in [6.45, 7) is 6.81. The fourth-order valence-corrected chi connectivity index (χ4v) is 5.71. The molecule has 9 heteroatoms. The zero-order valence-electron chi connectivity index (χ0n) is 19.7. The Kier molecular flexibility index (Phi) is 7.75. The Bertz CT molecular complexity index is 1110. The average molecular weight is 489 g/mol. The maximum absolute atomic E-state index is 13.3. The molecule has 2 heterocycles. The highest BCUT2D eigenvalue weighted by molar-refractivity contribution is 7.89. The van der Waals surface area contributed by atoms with Crippen LogP contribution in [0.4, 0.5) is 0 Å². The van der Waals surface area contributed by atoms with Crippen molar-refractivity contribution in [3.63, 3.8) is 0 Å². The average Bonchev–Trinajstić information content (AvgIpc) is 2.86. The monoisotopic (exact) mass is 488 g/mol. The van der Waals surface area contributed by atoms with Gasteiger partial charge in [-0.25, -0.2) is 8.42 Å². The number of nitrogens with zero attached hydrogens (tertiary/aromatic N) is 2. The molecular weight excluding hydrogens is 456 g/mol. The first-order valence-electron chi connectivity index (χ1n) is 11.8. The van der Waals surface area contributed by atoms with Crippen molar-refractivity contribution in [3.05, 3.63) is 53.6 Å². The molecule has 2 aromatic rings. The highest BCUT2D eigenvalue weighted by Crippen LogP contribution is 2.30. The maximum Gasteiger partial charge on any atom is 0.254 e.